The maximum absolute atomic E-state index is 11.3. The molecule has 5 nitrogen and oxygen atoms in total. The van der Waals surface area contributed by atoms with Crippen LogP contribution in [0.25, 0.3) is 0 Å². The molecule has 1 atom stereocenters. The molecule has 2 amide bonds. The molecule has 0 saturated carbocycles. The summed E-state index contributed by atoms with van der Waals surface area (Å²) in [4.78, 5) is 21.9. The van der Waals surface area contributed by atoms with Crippen molar-refractivity contribution in [2.24, 2.45) is 0 Å². The normalized spacial score (nSPS) is 11.9. The van der Waals surface area contributed by atoms with Crippen molar-refractivity contribution in [3.05, 3.63) is 0 Å². The Balaban J connectivity index is 3.61. The fourth-order valence-electron chi connectivity index (χ4n) is 1.30. The summed E-state index contributed by atoms with van der Waals surface area (Å²) in [5, 5.41) is 13.8. The molecule has 0 spiro atoms. The fourth-order valence-corrected chi connectivity index (χ4v) is 1.30. The summed E-state index contributed by atoms with van der Waals surface area (Å²) in [6.45, 7) is 4.45. The van der Waals surface area contributed by atoms with E-state index in [4.69, 9.17) is 5.11 Å². The van der Waals surface area contributed by atoms with Crippen LogP contribution in [0.15, 0.2) is 0 Å². The Bertz CT molecular complexity index is 219. The first-order chi connectivity index (χ1) is 7.61. The molecule has 0 aliphatic heterocycles. The van der Waals surface area contributed by atoms with Crippen LogP contribution in [0.4, 0.5) is 4.79 Å². The van der Waals surface area contributed by atoms with Gasteiger partial charge >= 0.3 is 12.0 Å². The molecule has 0 saturated heterocycles. The molecule has 0 aromatic rings. The second-order valence-electron chi connectivity index (χ2n) is 3.76. The largest absolute Gasteiger partial charge is 0.480 e. The first kappa shape index (κ1) is 14.7. The van der Waals surface area contributed by atoms with Gasteiger partial charge in [0, 0.05) is 6.54 Å². The van der Waals surface area contributed by atoms with E-state index in [1.165, 1.54) is 0 Å². The lowest BCUT2D eigenvalue weighted by Crippen LogP contribution is -2.45. The van der Waals surface area contributed by atoms with Crippen LogP contribution in [-0.2, 0) is 4.79 Å². The van der Waals surface area contributed by atoms with E-state index in [0.717, 1.165) is 25.7 Å². The maximum atomic E-state index is 11.3. The lowest BCUT2D eigenvalue weighted by Gasteiger charge is -2.12. The highest BCUT2D eigenvalue weighted by Gasteiger charge is 2.16. The molecule has 0 bridgehead atoms. The Labute approximate surface area is 96.6 Å². The number of aliphatic carboxylic acids is 1. The SMILES string of the molecule is CCCCCCNC(=O)NC(CC)C(=O)O. The standard InChI is InChI=1S/C11H22N2O3/c1-3-5-6-7-8-12-11(16)13-9(4-2)10(14)15/h9H,3-8H2,1-2H3,(H,14,15)(H2,12,13,16). The fraction of sp³-hybridized carbons (Fsp3) is 0.818. The van der Waals surface area contributed by atoms with Crippen LogP contribution in [-0.4, -0.2) is 29.7 Å². The van der Waals surface area contributed by atoms with E-state index in [1.54, 1.807) is 6.92 Å². The molecule has 0 aromatic heterocycles. The molecule has 1 unspecified atom stereocenters. The summed E-state index contributed by atoms with van der Waals surface area (Å²) in [7, 11) is 0. The predicted molar refractivity (Wildman–Crippen MR) is 62.4 cm³/mol. The molecule has 0 aliphatic rings. The van der Waals surface area contributed by atoms with Gasteiger partial charge in [0.25, 0.3) is 0 Å². The predicted octanol–water partition coefficient (Wildman–Crippen LogP) is 1.73. The number of carboxylic acid groups (broad SMARTS) is 1. The quantitative estimate of drug-likeness (QED) is 0.556. The van der Waals surface area contributed by atoms with Gasteiger partial charge in [0.1, 0.15) is 6.04 Å². The average molecular weight is 230 g/mol. The third kappa shape index (κ3) is 7.09. The average Bonchev–Trinajstić information content (AvgIpc) is 2.25. The summed E-state index contributed by atoms with van der Waals surface area (Å²) < 4.78 is 0. The van der Waals surface area contributed by atoms with E-state index in [2.05, 4.69) is 17.6 Å². The Kier molecular flexibility index (Phi) is 8.29. The number of carbonyl (C=O) groups excluding carboxylic acids is 1. The molecule has 0 rings (SSSR count). The number of hydrogen-bond acceptors (Lipinski definition) is 2. The van der Waals surface area contributed by atoms with Gasteiger partial charge in [-0.1, -0.05) is 33.1 Å². The lowest BCUT2D eigenvalue weighted by molar-refractivity contribution is -0.139. The molecular weight excluding hydrogens is 208 g/mol. The highest BCUT2D eigenvalue weighted by Crippen LogP contribution is 1.97. The van der Waals surface area contributed by atoms with E-state index in [9.17, 15) is 9.59 Å². The number of rotatable bonds is 8. The van der Waals surface area contributed by atoms with E-state index < -0.39 is 18.0 Å². The van der Waals surface area contributed by atoms with E-state index in [-0.39, 0.29) is 0 Å². The molecule has 3 N–H and O–H groups in total. The number of nitrogens with one attached hydrogen (secondary N) is 2. The Morgan fingerprint density at radius 2 is 1.88 bits per heavy atom. The van der Waals surface area contributed by atoms with Crippen LogP contribution >= 0.6 is 0 Å². The first-order valence-corrected chi connectivity index (χ1v) is 5.89. The van der Waals surface area contributed by atoms with Crippen LogP contribution in [0.5, 0.6) is 0 Å². The second kappa shape index (κ2) is 9.00. The van der Waals surface area contributed by atoms with E-state index in [0.29, 0.717) is 13.0 Å². The smallest absolute Gasteiger partial charge is 0.326 e. The molecule has 0 aliphatic carbocycles. The van der Waals surface area contributed by atoms with Gasteiger partial charge in [0.15, 0.2) is 0 Å². The monoisotopic (exact) mass is 230 g/mol. The van der Waals surface area contributed by atoms with Crippen LogP contribution < -0.4 is 10.6 Å². The molecule has 0 heterocycles. The number of unbranched alkanes of at least 4 members (excludes halogenated alkanes) is 3. The molecule has 5 heteroatoms. The van der Waals surface area contributed by atoms with Crippen LogP contribution in [0, 0.1) is 0 Å². The highest BCUT2D eigenvalue weighted by atomic mass is 16.4. The Morgan fingerprint density at radius 3 is 2.38 bits per heavy atom. The number of carboxylic acids is 1. The minimum Gasteiger partial charge on any atom is -0.480 e. The molecule has 0 aromatic carbocycles. The van der Waals surface area contributed by atoms with Crippen LogP contribution in [0.1, 0.15) is 46.0 Å². The van der Waals surface area contributed by atoms with Gasteiger partial charge in [-0.2, -0.15) is 0 Å². The summed E-state index contributed by atoms with van der Waals surface area (Å²) >= 11 is 0. The van der Waals surface area contributed by atoms with Gasteiger partial charge in [0.05, 0.1) is 0 Å². The van der Waals surface area contributed by atoms with Crippen molar-refractivity contribution >= 4 is 12.0 Å². The van der Waals surface area contributed by atoms with Crippen molar-refractivity contribution in [2.45, 2.75) is 52.0 Å². The summed E-state index contributed by atoms with van der Waals surface area (Å²) in [5.41, 5.74) is 0. The molecule has 0 radical (unpaired) electrons. The minimum atomic E-state index is -0.997. The topological polar surface area (TPSA) is 78.4 Å². The van der Waals surface area contributed by atoms with Gasteiger partial charge < -0.3 is 15.7 Å². The van der Waals surface area contributed by atoms with Crippen molar-refractivity contribution in [2.75, 3.05) is 6.54 Å². The van der Waals surface area contributed by atoms with Crippen molar-refractivity contribution in [3.8, 4) is 0 Å². The number of amides is 2. The van der Waals surface area contributed by atoms with Crippen LogP contribution in [0.2, 0.25) is 0 Å². The summed E-state index contributed by atoms with van der Waals surface area (Å²) in [5.74, 6) is -0.997. The van der Waals surface area contributed by atoms with Crippen molar-refractivity contribution in [3.63, 3.8) is 0 Å². The van der Waals surface area contributed by atoms with Crippen molar-refractivity contribution in [1.82, 2.24) is 10.6 Å². The van der Waals surface area contributed by atoms with Gasteiger partial charge in [-0.15, -0.1) is 0 Å². The third-order valence-electron chi connectivity index (χ3n) is 2.33. The third-order valence-corrected chi connectivity index (χ3v) is 2.33. The Morgan fingerprint density at radius 1 is 1.19 bits per heavy atom. The van der Waals surface area contributed by atoms with Crippen LogP contribution in [0.3, 0.4) is 0 Å². The number of hydrogen-bond donors (Lipinski definition) is 3. The zero-order chi connectivity index (χ0) is 12.4. The van der Waals surface area contributed by atoms with Crippen molar-refractivity contribution in [1.29, 1.82) is 0 Å². The first-order valence-electron chi connectivity index (χ1n) is 5.89. The zero-order valence-electron chi connectivity index (χ0n) is 10.1. The van der Waals surface area contributed by atoms with Crippen molar-refractivity contribution < 1.29 is 14.7 Å². The highest BCUT2D eigenvalue weighted by molar-refractivity contribution is 5.82. The lowest BCUT2D eigenvalue weighted by atomic mass is 10.2. The summed E-state index contributed by atoms with van der Waals surface area (Å²) in [6, 6.07) is -1.19. The zero-order valence-corrected chi connectivity index (χ0v) is 10.1. The minimum absolute atomic E-state index is 0.387. The molecule has 94 valence electrons. The van der Waals surface area contributed by atoms with Gasteiger partial charge in [-0.25, -0.2) is 9.59 Å². The molecular formula is C11H22N2O3. The van der Waals surface area contributed by atoms with E-state index in [1.807, 2.05) is 0 Å². The summed E-state index contributed by atoms with van der Waals surface area (Å²) in [6.07, 6.45) is 4.73. The van der Waals surface area contributed by atoms with Gasteiger partial charge in [-0.3, -0.25) is 0 Å². The number of urea groups is 1. The molecule has 16 heavy (non-hydrogen) atoms. The number of carbonyl (C=O) groups is 2. The van der Waals surface area contributed by atoms with Gasteiger partial charge in [0.2, 0.25) is 0 Å². The second-order valence-corrected chi connectivity index (χ2v) is 3.76. The van der Waals surface area contributed by atoms with E-state index >= 15 is 0 Å². The maximum Gasteiger partial charge on any atom is 0.326 e. The van der Waals surface area contributed by atoms with Gasteiger partial charge in [-0.05, 0) is 12.8 Å². The Hall–Kier alpha value is -1.26. The molecule has 0 fully saturated rings.